The molecule has 4 N–H and O–H groups in total. The molecule has 10 heteroatoms. The summed E-state index contributed by atoms with van der Waals surface area (Å²) in [6.07, 6.45) is 5.23. The molecule has 1 fully saturated rings. The molecule has 4 rings (SSSR count). The molecule has 0 radical (unpaired) electrons. The molecule has 3 aromatic rings. The van der Waals surface area contributed by atoms with Crippen molar-refractivity contribution in [2.45, 2.75) is 76.7 Å². The second-order valence-corrected chi connectivity index (χ2v) is 12.1. The second kappa shape index (κ2) is 18.1. The number of carbonyl (C=O) groups is 1. The molecule has 3 aromatic carbocycles. The fraction of sp³-hybridized carbons (Fsp3) is 0.406. The summed E-state index contributed by atoms with van der Waals surface area (Å²) in [5.41, 5.74) is 3.92. The number of carbonyl (C=O) groups excluding carboxylic acids is 1. The molecule has 42 heavy (non-hydrogen) atoms. The summed E-state index contributed by atoms with van der Waals surface area (Å²) in [6, 6.07) is 16.8. The van der Waals surface area contributed by atoms with Gasteiger partial charge in [0, 0.05) is 40.9 Å². The predicted octanol–water partition coefficient (Wildman–Crippen LogP) is 6.64. The van der Waals surface area contributed by atoms with Gasteiger partial charge in [-0.15, -0.1) is 24.8 Å². The molecule has 0 aliphatic heterocycles. The van der Waals surface area contributed by atoms with Gasteiger partial charge in [-0.05, 0) is 102 Å². The average Bonchev–Trinajstić information content (AvgIpc) is 2.91. The lowest BCUT2D eigenvalue weighted by atomic mass is 9.95. The van der Waals surface area contributed by atoms with Gasteiger partial charge >= 0.3 is 0 Å². The van der Waals surface area contributed by atoms with Crippen LogP contribution >= 0.6 is 47.4 Å². The monoisotopic (exact) mass is 733 g/mol. The maximum atomic E-state index is 13.9. The lowest BCUT2D eigenvalue weighted by Crippen LogP contribution is -2.48. The van der Waals surface area contributed by atoms with Crippen LogP contribution in [0.25, 0.3) is 0 Å². The second-order valence-electron chi connectivity index (χ2n) is 10.8. The van der Waals surface area contributed by atoms with E-state index in [1.54, 1.807) is 0 Å². The molecular formula is C32H40Cl2F2IN3O2. The van der Waals surface area contributed by atoms with Crippen LogP contribution in [0.3, 0.4) is 0 Å². The van der Waals surface area contributed by atoms with Crippen molar-refractivity contribution in [3.8, 4) is 0 Å². The molecule has 1 aliphatic carbocycles. The zero-order chi connectivity index (χ0) is 28.5. The van der Waals surface area contributed by atoms with Crippen molar-refractivity contribution < 1.29 is 18.7 Å². The van der Waals surface area contributed by atoms with Gasteiger partial charge < -0.3 is 21.1 Å². The Kier molecular flexibility index (Phi) is 15.7. The topological polar surface area (TPSA) is 73.4 Å². The van der Waals surface area contributed by atoms with E-state index in [0.29, 0.717) is 30.3 Å². The number of hydrogen-bond donors (Lipinski definition) is 4. The van der Waals surface area contributed by atoms with Gasteiger partial charge in [-0.25, -0.2) is 8.78 Å². The van der Waals surface area contributed by atoms with Crippen molar-refractivity contribution in [3.05, 3.63) is 104 Å². The average molecular weight is 734 g/mol. The van der Waals surface area contributed by atoms with E-state index in [1.807, 2.05) is 43.3 Å². The minimum Gasteiger partial charge on any atom is -0.390 e. The smallest absolute Gasteiger partial charge is 0.251 e. The molecular weight excluding hydrogens is 694 g/mol. The molecule has 5 nitrogen and oxygen atoms in total. The quantitative estimate of drug-likeness (QED) is 0.158. The summed E-state index contributed by atoms with van der Waals surface area (Å²) in [5, 5.41) is 20.9. The zero-order valence-electron chi connectivity index (χ0n) is 23.7. The highest BCUT2D eigenvalue weighted by molar-refractivity contribution is 14.1. The molecule has 0 saturated heterocycles. The number of hydrogen-bond acceptors (Lipinski definition) is 4. The van der Waals surface area contributed by atoms with Crippen LogP contribution in [0.2, 0.25) is 0 Å². The summed E-state index contributed by atoms with van der Waals surface area (Å²) in [6.45, 7) is 3.37. The summed E-state index contributed by atoms with van der Waals surface area (Å²) >= 11 is 2.25. The third-order valence-electron chi connectivity index (χ3n) is 7.33. The van der Waals surface area contributed by atoms with Crippen molar-refractivity contribution in [2.24, 2.45) is 0 Å². The zero-order valence-corrected chi connectivity index (χ0v) is 27.5. The summed E-state index contributed by atoms with van der Waals surface area (Å²) in [5.74, 6) is -1.72. The van der Waals surface area contributed by atoms with Crippen LogP contribution in [0.15, 0.2) is 60.7 Å². The molecule has 0 bridgehead atoms. The number of halogens is 5. The Morgan fingerprint density at radius 1 is 0.929 bits per heavy atom. The van der Waals surface area contributed by atoms with E-state index in [2.05, 4.69) is 44.6 Å². The minimum absolute atomic E-state index is 0. The highest BCUT2D eigenvalue weighted by atomic mass is 127. The number of nitrogens with one attached hydrogen (secondary N) is 3. The maximum absolute atomic E-state index is 13.9. The van der Waals surface area contributed by atoms with Crippen molar-refractivity contribution in [2.75, 3.05) is 6.54 Å². The van der Waals surface area contributed by atoms with Crippen molar-refractivity contribution >= 4 is 53.3 Å². The molecule has 0 heterocycles. The molecule has 0 unspecified atom stereocenters. The van der Waals surface area contributed by atoms with E-state index >= 15 is 0 Å². The van der Waals surface area contributed by atoms with E-state index in [1.165, 1.54) is 44.2 Å². The number of aliphatic hydroxyl groups excluding tert-OH is 1. The SMILES string of the molecule is Cc1cc(CNC2CCCCC2)cc(C(=O)N[C@@H](Cc2cc(F)cc(F)c2)[C@H](O)CNCc2cccc(I)c2)c1.Cl.Cl. The lowest BCUT2D eigenvalue weighted by Gasteiger charge is -2.25. The first-order chi connectivity index (χ1) is 19.2. The van der Waals surface area contributed by atoms with Crippen molar-refractivity contribution in [1.29, 1.82) is 0 Å². The standard InChI is InChI=1S/C32H38F2IN3O2.2ClH/c1-21-10-24(19-37-29-8-3-2-4-9-29)12-25(11-21)32(40)38-30(16-23-13-26(33)17-27(34)14-23)31(39)20-36-18-22-6-5-7-28(35)15-22;;/h5-7,10-15,17,29-31,36-37,39H,2-4,8-9,16,18-20H2,1H3,(H,38,40);2*1H/t30-,31+;;/m0../s1. The Bertz CT molecular complexity index is 1270. The maximum Gasteiger partial charge on any atom is 0.251 e. The molecule has 2 atom stereocenters. The number of benzene rings is 3. The summed E-state index contributed by atoms with van der Waals surface area (Å²) in [4.78, 5) is 13.4. The Hall–Kier alpha value is -1.82. The molecule has 1 saturated carbocycles. The van der Waals surface area contributed by atoms with Crippen LogP contribution in [0.1, 0.15) is 64.7 Å². The van der Waals surface area contributed by atoms with Gasteiger partial charge in [0.05, 0.1) is 12.1 Å². The van der Waals surface area contributed by atoms with Gasteiger partial charge in [0.1, 0.15) is 11.6 Å². The molecule has 230 valence electrons. The van der Waals surface area contributed by atoms with E-state index in [4.69, 9.17) is 0 Å². The van der Waals surface area contributed by atoms with Gasteiger partial charge in [0.15, 0.2) is 0 Å². The first-order valence-electron chi connectivity index (χ1n) is 14.0. The number of amides is 1. The normalized spacial score (nSPS) is 14.8. The lowest BCUT2D eigenvalue weighted by molar-refractivity contribution is 0.0829. The van der Waals surface area contributed by atoms with Gasteiger partial charge in [0.25, 0.3) is 5.91 Å². The van der Waals surface area contributed by atoms with Crippen LogP contribution in [-0.2, 0) is 19.5 Å². The predicted molar refractivity (Wildman–Crippen MR) is 178 cm³/mol. The Labute approximate surface area is 273 Å². The van der Waals surface area contributed by atoms with E-state index in [9.17, 15) is 18.7 Å². The Morgan fingerprint density at radius 3 is 2.33 bits per heavy atom. The Morgan fingerprint density at radius 2 is 1.64 bits per heavy atom. The third kappa shape index (κ3) is 11.7. The van der Waals surface area contributed by atoms with Crippen LogP contribution < -0.4 is 16.0 Å². The van der Waals surface area contributed by atoms with Crippen molar-refractivity contribution in [1.82, 2.24) is 16.0 Å². The van der Waals surface area contributed by atoms with Gasteiger partial charge in [0.2, 0.25) is 0 Å². The highest BCUT2D eigenvalue weighted by Crippen LogP contribution is 2.19. The van der Waals surface area contributed by atoms with Gasteiger partial charge in [-0.2, -0.15) is 0 Å². The molecule has 0 spiro atoms. The minimum atomic E-state index is -0.990. The van der Waals surface area contributed by atoms with E-state index in [-0.39, 0.29) is 43.7 Å². The van der Waals surface area contributed by atoms with Crippen LogP contribution in [0.5, 0.6) is 0 Å². The van der Waals surface area contributed by atoms with E-state index in [0.717, 1.165) is 26.3 Å². The van der Waals surface area contributed by atoms with Crippen LogP contribution in [0, 0.1) is 22.1 Å². The highest BCUT2D eigenvalue weighted by Gasteiger charge is 2.23. The Balaban J connectivity index is 0.00000308. The van der Waals surface area contributed by atoms with Crippen LogP contribution in [0.4, 0.5) is 8.78 Å². The number of aryl methyl sites for hydroxylation is 1. The fourth-order valence-electron chi connectivity index (χ4n) is 5.34. The largest absolute Gasteiger partial charge is 0.390 e. The van der Waals surface area contributed by atoms with Crippen molar-refractivity contribution in [3.63, 3.8) is 0 Å². The molecule has 1 aliphatic rings. The third-order valence-corrected chi connectivity index (χ3v) is 8.00. The number of rotatable bonds is 12. The first-order valence-corrected chi connectivity index (χ1v) is 15.1. The fourth-order valence-corrected chi connectivity index (χ4v) is 5.94. The van der Waals surface area contributed by atoms with Crippen LogP contribution in [-0.4, -0.2) is 35.7 Å². The van der Waals surface area contributed by atoms with Gasteiger partial charge in [-0.1, -0.05) is 43.0 Å². The molecule has 0 aromatic heterocycles. The first kappa shape index (κ1) is 36.4. The molecule has 1 amide bonds. The van der Waals surface area contributed by atoms with Gasteiger partial charge in [-0.3, -0.25) is 4.79 Å². The summed E-state index contributed by atoms with van der Waals surface area (Å²) < 4.78 is 28.9. The summed E-state index contributed by atoms with van der Waals surface area (Å²) in [7, 11) is 0. The van der Waals surface area contributed by atoms with E-state index < -0.39 is 23.8 Å². The number of aliphatic hydroxyl groups is 1.